The first kappa shape index (κ1) is 28.4. The van der Waals surface area contributed by atoms with Crippen LogP contribution in [-0.4, -0.2) is 71.4 Å². The van der Waals surface area contributed by atoms with Crippen LogP contribution in [-0.2, 0) is 10.0 Å². The fourth-order valence-electron chi connectivity index (χ4n) is 3.44. The highest BCUT2D eigenvalue weighted by Crippen LogP contribution is 2.37. The summed E-state index contributed by atoms with van der Waals surface area (Å²) in [5, 5.41) is 17.4. The summed E-state index contributed by atoms with van der Waals surface area (Å²) in [6, 6.07) is 6.84. The van der Waals surface area contributed by atoms with Crippen molar-refractivity contribution in [2.24, 2.45) is 9.98 Å². The van der Waals surface area contributed by atoms with E-state index in [1.54, 1.807) is 36.7 Å². The molecule has 12 nitrogen and oxygen atoms in total. The number of hydrogen-bond acceptors (Lipinski definition) is 9. The Balaban J connectivity index is 2.17. The molecule has 0 amide bonds. The van der Waals surface area contributed by atoms with Crippen LogP contribution >= 0.6 is 0 Å². The quantitative estimate of drug-likeness (QED) is 0.291. The number of nitrogens with one attached hydrogen (secondary N) is 1. The summed E-state index contributed by atoms with van der Waals surface area (Å²) in [6.45, 7) is 7.49. The second kappa shape index (κ2) is 11.9. The number of halogens is 1. The largest absolute Gasteiger partial charge is 0.494 e. The molecule has 0 aliphatic carbocycles. The number of pyridine rings is 1. The minimum Gasteiger partial charge on any atom is -0.494 e. The van der Waals surface area contributed by atoms with Gasteiger partial charge in [0.25, 0.3) is 0 Å². The maximum atomic E-state index is 13.4. The van der Waals surface area contributed by atoms with Crippen LogP contribution < -0.4 is 14.2 Å². The van der Waals surface area contributed by atoms with E-state index in [0.29, 0.717) is 22.7 Å². The lowest BCUT2D eigenvalue weighted by Crippen LogP contribution is -2.40. The SMILES string of the molecule is C=NC(=N/C=C(\C)F)[C@H](O)[C@H](C)S(=O)(=O)Nc1nnc(-c2cncc(C)c2)n1-c1c(OC)cccc1OC. The Morgan fingerprint density at radius 2 is 1.89 bits per heavy atom. The zero-order valence-corrected chi connectivity index (χ0v) is 22.3. The Kier molecular flexibility index (Phi) is 8.91. The molecule has 2 heterocycles. The third-order valence-corrected chi connectivity index (χ3v) is 7.09. The molecule has 2 N–H and O–H groups in total. The van der Waals surface area contributed by atoms with Gasteiger partial charge in [-0.05, 0) is 51.3 Å². The van der Waals surface area contributed by atoms with Crippen LogP contribution in [0.3, 0.4) is 0 Å². The van der Waals surface area contributed by atoms with Crippen LogP contribution in [0.2, 0.25) is 0 Å². The number of aliphatic hydroxyl groups excluding tert-OH is 1. The first-order valence-electron chi connectivity index (χ1n) is 11.2. The number of aromatic nitrogens is 4. The number of benzene rings is 1. The Morgan fingerprint density at radius 3 is 2.45 bits per heavy atom. The van der Waals surface area contributed by atoms with Crippen LogP contribution in [0.4, 0.5) is 10.3 Å². The van der Waals surface area contributed by atoms with Crippen molar-refractivity contribution >= 4 is 28.5 Å². The molecule has 0 spiro atoms. The summed E-state index contributed by atoms with van der Waals surface area (Å²) < 4.78 is 54.7. The third-order valence-electron chi connectivity index (χ3n) is 5.39. The van der Waals surface area contributed by atoms with E-state index in [1.807, 2.05) is 6.92 Å². The maximum absolute atomic E-state index is 13.4. The molecule has 0 fully saturated rings. The Morgan fingerprint density at radius 1 is 1.24 bits per heavy atom. The molecule has 2 aromatic heterocycles. The lowest BCUT2D eigenvalue weighted by atomic mass is 10.2. The molecule has 0 radical (unpaired) electrons. The van der Waals surface area contributed by atoms with Crippen molar-refractivity contribution in [1.29, 1.82) is 0 Å². The number of aliphatic imine (C=N–C) groups is 2. The summed E-state index contributed by atoms with van der Waals surface area (Å²) in [5.74, 6) is -0.318. The van der Waals surface area contributed by atoms with Crippen molar-refractivity contribution in [3.05, 3.63) is 54.2 Å². The molecule has 3 rings (SSSR count). The van der Waals surface area contributed by atoms with Crippen LogP contribution in [0, 0.1) is 6.92 Å². The monoisotopic (exact) mass is 545 g/mol. The summed E-state index contributed by atoms with van der Waals surface area (Å²) in [5.41, 5.74) is 1.70. The van der Waals surface area contributed by atoms with Gasteiger partial charge < -0.3 is 14.6 Å². The number of allylic oxidation sites excluding steroid dienone is 1. The van der Waals surface area contributed by atoms with Crippen LogP contribution in [0.1, 0.15) is 19.4 Å². The molecule has 0 unspecified atom stereocenters. The number of methoxy groups -OCH3 is 2. The standard InChI is InChI=1S/C24H28FN7O5S/c1-14-10-17(13-27-11-14)23-29-30-24(32(23)20-18(36-5)8-7-9-19(20)37-6)31-38(34,35)16(3)21(33)22(26-4)28-12-15(2)25/h7-13,16,21,33H,4H2,1-3,5-6H3,(H,30,31)/b15-12+,28-22?/t16-,21+/m0/s1. The number of para-hydroxylation sites is 1. The molecule has 2 atom stereocenters. The van der Waals surface area contributed by atoms with Gasteiger partial charge >= 0.3 is 0 Å². The molecule has 38 heavy (non-hydrogen) atoms. The van der Waals surface area contributed by atoms with Crippen molar-refractivity contribution in [3.63, 3.8) is 0 Å². The van der Waals surface area contributed by atoms with Crippen molar-refractivity contribution in [1.82, 2.24) is 19.7 Å². The Labute approximate surface area is 219 Å². The highest BCUT2D eigenvalue weighted by atomic mass is 32.2. The lowest BCUT2D eigenvalue weighted by Gasteiger charge is -2.21. The topological polar surface area (TPSA) is 153 Å². The van der Waals surface area contributed by atoms with Gasteiger partial charge in [0, 0.05) is 18.0 Å². The summed E-state index contributed by atoms with van der Waals surface area (Å²) in [6.07, 6.45) is 2.27. The predicted molar refractivity (Wildman–Crippen MR) is 142 cm³/mol. The van der Waals surface area contributed by atoms with Gasteiger partial charge in [0.05, 0.1) is 20.4 Å². The van der Waals surface area contributed by atoms with Crippen molar-refractivity contribution in [2.45, 2.75) is 32.1 Å². The average molecular weight is 546 g/mol. The number of amidine groups is 1. The van der Waals surface area contributed by atoms with E-state index in [2.05, 4.69) is 36.6 Å². The van der Waals surface area contributed by atoms with Gasteiger partial charge in [-0.2, -0.15) is 0 Å². The summed E-state index contributed by atoms with van der Waals surface area (Å²) in [7, 11) is -1.45. The molecular formula is C24H28FN7O5S. The molecule has 0 saturated heterocycles. The van der Waals surface area contributed by atoms with Crippen LogP contribution in [0.5, 0.6) is 11.5 Å². The van der Waals surface area contributed by atoms with Gasteiger partial charge in [-0.1, -0.05) is 6.07 Å². The van der Waals surface area contributed by atoms with Gasteiger partial charge in [-0.15, -0.1) is 10.2 Å². The van der Waals surface area contributed by atoms with E-state index in [-0.39, 0.29) is 17.6 Å². The molecule has 0 saturated carbocycles. The van der Waals surface area contributed by atoms with E-state index in [0.717, 1.165) is 18.7 Å². The number of aryl methyl sites for hydroxylation is 1. The van der Waals surface area contributed by atoms with E-state index in [9.17, 15) is 17.9 Å². The van der Waals surface area contributed by atoms with Crippen molar-refractivity contribution in [3.8, 4) is 28.6 Å². The molecule has 0 aliphatic rings. The normalized spacial score (nSPS) is 14.1. The molecule has 0 aliphatic heterocycles. The zero-order valence-electron chi connectivity index (χ0n) is 21.5. The zero-order chi connectivity index (χ0) is 28.0. The second-order valence-corrected chi connectivity index (χ2v) is 10.1. The van der Waals surface area contributed by atoms with Gasteiger partial charge in [-0.25, -0.2) is 22.8 Å². The third kappa shape index (κ3) is 6.03. The Hall–Kier alpha value is -4.17. The number of aliphatic hydroxyl groups is 1. The number of anilines is 1. The molecule has 14 heteroatoms. The van der Waals surface area contributed by atoms with Crippen molar-refractivity contribution < 1.29 is 27.4 Å². The number of nitrogens with zero attached hydrogens (tertiary/aromatic N) is 6. The number of ether oxygens (including phenoxy) is 2. The highest BCUT2D eigenvalue weighted by molar-refractivity contribution is 7.93. The van der Waals surface area contributed by atoms with Crippen LogP contribution in [0.15, 0.2) is 58.7 Å². The smallest absolute Gasteiger partial charge is 0.243 e. The van der Waals surface area contributed by atoms with E-state index < -0.39 is 27.2 Å². The number of rotatable bonds is 10. The fourth-order valence-corrected chi connectivity index (χ4v) is 4.48. The average Bonchev–Trinajstić information content (AvgIpc) is 3.29. The molecule has 202 valence electrons. The van der Waals surface area contributed by atoms with Gasteiger partial charge in [-0.3, -0.25) is 14.3 Å². The molecule has 3 aromatic rings. The molecule has 1 aromatic carbocycles. The second-order valence-electron chi connectivity index (χ2n) is 8.10. The Bertz CT molecular complexity index is 1460. The predicted octanol–water partition coefficient (Wildman–Crippen LogP) is 3.08. The number of hydrogen-bond donors (Lipinski definition) is 2. The van der Waals surface area contributed by atoms with Gasteiger partial charge in [0.1, 0.15) is 34.4 Å². The van der Waals surface area contributed by atoms with E-state index in [1.165, 1.54) is 25.7 Å². The van der Waals surface area contributed by atoms with Gasteiger partial charge in [0.15, 0.2) is 11.7 Å². The lowest BCUT2D eigenvalue weighted by molar-refractivity contribution is 0.238. The minimum atomic E-state index is -4.36. The summed E-state index contributed by atoms with van der Waals surface area (Å²) >= 11 is 0. The maximum Gasteiger partial charge on any atom is 0.243 e. The highest BCUT2D eigenvalue weighted by Gasteiger charge is 2.34. The molecule has 0 bridgehead atoms. The first-order valence-corrected chi connectivity index (χ1v) is 12.7. The number of sulfonamides is 1. The summed E-state index contributed by atoms with van der Waals surface area (Å²) in [4.78, 5) is 11.4. The fraction of sp³-hybridized carbons (Fsp3) is 0.292. The van der Waals surface area contributed by atoms with Gasteiger partial charge in [0.2, 0.25) is 16.0 Å². The van der Waals surface area contributed by atoms with Crippen molar-refractivity contribution in [2.75, 3.05) is 18.9 Å². The van der Waals surface area contributed by atoms with E-state index in [4.69, 9.17) is 9.47 Å². The van der Waals surface area contributed by atoms with E-state index >= 15 is 0 Å². The first-order chi connectivity index (χ1) is 18.0. The molecular weight excluding hydrogens is 517 g/mol. The minimum absolute atomic E-state index is 0.215. The van der Waals surface area contributed by atoms with Crippen LogP contribution in [0.25, 0.3) is 17.1 Å².